The summed E-state index contributed by atoms with van der Waals surface area (Å²) in [5.41, 5.74) is 10.1. The quantitative estimate of drug-likeness (QED) is 0.664. The molecule has 2 aromatic carbocycles. The minimum Gasteiger partial charge on any atom is -0.398 e. The van der Waals surface area contributed by atoms with Crippen molar-refractivity contribution in [2.75, 3.05) is 12.8 Å². The second-order valence-electron chi connectivity index (χ2n) is 3.92. The van der Waals surface area contributed by atoms with Crippen LogP contribution in [0.2, 0.25) is 0 Å². The third-order valence-electron chi connectivity index (χ3n) is 3.03. The van der Waals surface area contributed by atoms with Crippen LogP contribution < -0.4 is 5.73 Å². The highest BCUT2D eigenvalue weighted by Crippen LogP contribution is 2.32. The van der Waals surface area contributed by atoms with E-state index in [1.54, 1.807) is 7.05 Å². The molecule has 0 aromatic heterocycles. The first-order chi connectivity index (χ1) is 7.81. The second-order valence-corrected chi connectivity index (χ2v) is 3.92. The molecule has 16 heavy (non-hydrogen) atoms. The van der Waals surface area contributed by atoms with Crippen LogP contribution in [0, 0.1) is 0 Å². The molecular formula is C14H12N2. The molecule has 0 heterocycles. The molecule has 0 spiro atoms. The van der Waals surface area contributed by atoms with E-state index in [9.17, 15) is 0 Å². The minimum atomic E-state index is 0.796. The summed E-state index contributed by atoms with van der Waals surface area (Å²) in [6.45, 7) is 0. The van der Waals surface area contributed by atoms with E-state index in [0.717, 1.165) is 17.0 Å². The summed E-state index contributed by atoms with van der Waals surface area (Å²) in [6, 6.07) is 10.3. The molecule has 3 rings (SSSR count). The third kappa shape index (κ3) is 1.10. The molecular weight excluding hydrogens is 196 g/mol. The number of nitrogen functional groups attached to an aromatic ring is 1. The van der Waals surface area contributed by atoms with Gasteiger partial charge in [-0.1, -0.05) is 30.3 Å². The summed E-state index contributed by atoms with van der Waals surface area (Å²) in [7, 11) is 1.80. The summed E-state index contributed by atoms with van der Waals surface area (Å²) in [5.74, 6) is 0. The SMILES string of the molecule is CN=C1C=Cc2cccc3ccc(N)c1c23. The highest BCUT2D eigenvalue weighted by molar-refractivity contribution is 6.25. The predicted molar refractivity (Wildman–Crippen MR) is 69.9 cm³/mol. The summed E-state index contributed by atoms with van der Waals surface area (Å²) in [4.78, 5) is 4.28. The molecule has 78 valence electrons. The number of hydrogen-bond donors (Lipinski definition) is 1. The highest BCUT2D eigenvalue weighted by atomic mass is 14.7. The van der Waals surface area contributed by atoms with Crippen LogP contribution in [0.3, 0.4) is 0 Å². The molecule has 0 fully saturated rings. The number of nitrogens with two attached hydrogens (primary N) is 1. The van der Waals surface area contributed by atoms with Gasteiger partial charge in [0.15, 0.2) is 0 Å². The lowest BCUT2D eigenvalue weighted by molar-refractivity contribution is 1.44. The second kappa shape index (κ2) is 3.20. The van der Waals surface area contributed by atoms with Crippen molar-refractivity contribution in [1.29, 1.82) is 0 Å². The number of allylic oxidation sites excluding steroid dienone is 1. The van der Waals surface area contributed by atoms with Gasteiger partial charge in [-0.15, -0.1) is 0 Å². The van der Waals surface area contributed by atoms with Gasteiger partial charge < -0.3 is 5.73 Å². The van der Waals surface area contributed by atoms with Crippen molar-refractivity contribution in [2.24, 2.45) is 4.99 Å². The fraction of sp³-hybridized carbons (Fsp3) is 0.0714. The van der Waals surface area contributed by atoms with Crippen LogP contribution in [-0.2, 0) is 0 Å². The van der Waals surface area contributed by atoms with Gasteiger partial charge in [-0.3, -0.25) is 4.99 Å². The minimum absolute atomic E-state index is 0.796. The van der Waals surface area contributed by atoms with Crippen molar-refractivity contribution in [3.63, 3.8) is 0 Å². The molecule has 0 aliphatic heterocycles. The monoisotopic (exact) mass is 208 g/mol. The van der Waals surface area contributed by atoms with Gasteiger partial charge in [-0.2, -0.15) is 0 Å². The number of nitrogens with zero attached hydrogens (tertiary/aromatic N) is 1. The average molecular weight is 208 g/mol. The molecule has 2 N–H and O–H groups in total. The number of benzene rings is 2. The van der Waals surface area contributed by atoms with Crippen LogP contribution in [-0.4, -0.2) is 12.8 Å². The molecule has 0 radical (unpaired) electrons. The maximum Gasteiger partial charge on any atom is 0.0670 e. The normalized spacial score (nSPS) is 15.9. The van der Waals surface area contributed by atoms with Crippen LogP contribution in [0.25, 0.3) is 16.8 Å². The molecule has 2 aromatic rings. The Morgan fingerprint density at radius 2 is 1.94 bits per heavy atom. The van der Waals surface area contributed by atoms with Gasteiger partial charge in [0.05, 0.1) is 5.71 Å². The van der Waals surface area contributed by atoms with Crippen molar-refractivity contribution in [2.45, 2.75) is 0 Å². The predicted octanol–water partition coefficient (Wildman–Crippen LogP) is 2.87. The van der Waals surface area contributed by atoms with E-state index in [1.807, 2.05) is 12.1 Å². The Hall–Kier alpha value is -2.09. The molecule has 2 heteroatoms. The molecule has 1 aliphatic carbocycles. The first-order valence-corrected chi connectivity index (χ1v) is 5.27. The van der Waals surface area contributed by atoms with Crippen molar-refractivity contribution in [3.05, 3.63) is 47.5 Å². The van der Waals surface area contributed by atoms with Crippen LogP contribution in [0.1, 0.15) is 11.1 Å². The number of anilines is 1. The Labute approximate surface area is 94.1 Å². The van der Waals surface area contributed by atoms with E-state index in [0.29, 0.717) is 0 Å². The molecule has 0 atom stereocenters. The van der Waals surface area contributed by atoms with Crippen LogP contribution in [0.15, 0.2) is 41.4 Å². The van der Waals surface area contributed by atoms with E-state index in [-0.39, 0.29) is 0 Å². The summed E-state index contributed by atoms with van der Waals surface area (Å²) in [5, 5.41) is 2.43. The van der Waals surface area contributed by atoms with E-state index >= 15 is 0 Å². The van der Waals surface area contributed by atoms with Gasteiger partial charge in [0.2, 0.25) is 0 Å². The molecule has 0 bridgehead atoms. The van der Waals surface area contributed by atoms with Crippen molar-refractivity contribution in [1.82, 2.24) is 0 Å². The molecule has 2 nitrogen and oxygen atoms in total. The standard InChI is InChI=1S/C14H12N2/c1-16-12-8-6-10-4-2-3-9-5-7-11(15)14(12)13(9)10/h2-8H,15H2,1H3. The number of rotatable bonds is 0. The molecule has 0 saturated carbocycles. The average Bonchev–Trinajstić information content (AvgIpc) is 2.33. The zero-order valence-electron chi connectivity index (χ0n) is 9.07. The lowest BCUT2D eigenvalue weighted by Crippen LogP contribution is -2.07. The molecule has 0 unspecified atom stereocenters. The molecule has 0 saturated heterocycles. The van der Waals surface area contributed by atoms with Crippen LogP contribution in [0.5, 0.6) is 0 Å². The Kier molecular flexibility index (Phi) is 1.83. The first-order valence-electron chi connectivity index (χ1n) is 5.27. The van der Waals surface area contributed by atoms with Gasteiger partial charge in [-0.25, -0.2) is 0 Å². The van der Waals surface area contributed by atoms with Gasteiger partial charge in [0.25, 0.3) is 0 Å². The van der Waals surface area contributed by atoms with E-state index in [4.69, 9.17) is 5.73 Å². The van der Waals surface area contributed by atoms with E-state index in [2.05, 4.69) is 35.3 Å². The fourth-order valence-electron chi connectivity index (χ4n) is 2.28. The topological polar surface area (TPSA) is 38.4 Å². The van der Waals surface area contributed by atoms with Crippen molar-refractivity contribution in [3.8, 4) is 0 Å². The van der Waals surface area contributed by atoms with Crippen molar-refractivity contribution >= 4 is 28.2 Å². The molecule has 1 aliphatic rings. The highest BCUT2D eigenvalue weighted by Gasteiger charge is 2.15. The number of hydrogen-bond acceptors (Lipinski definition) is 2. The maximum absolute atomic E-state index is 6.05. The van der Waals surface area contributed by atoms with Gasteiger partial charge in [-0.05, 0) is 23.1 Å². The van der Waals surface area contributed by atoms with E-state index < -0.39 is 0 Å². The van der Waals surface area contributed by atoms with Crippen LogP contribution in [0.4, 0.5) is 5.69 Å². The maximum atomic E-state index is 6.05. The fourth-order valence-corrected chi connectivity index (χ4v) is 2.28. The lowest BCUT2D eigenvalue weighted by Gasteiger charge is -2.16. The van der Waals surface area contributed by atoms with Crippen LogP contribution >= 0.6 is 0 Å². The lowest BCUT2D eigenvalue weighted by atomic mass is 9.91. The Balaban J connectivity index is 2.55. The van der Waals surface area contributed by atoms with Gasteiger partial charge >= 0.3 is 0 Å². The summed E-state index contributed by atoms with van der Waals surface area (Å²) >= 11 is 0. The Bertz CT molecular complexity index is 636. The van der Waals surface area contributed by atoms with Gasteiger partial charge in [0, 0.05) is 23.7 Å². The van der Waals surface area contributed by atoms with Gasteiger partial charge in [0.1, 0.15) is 0 Å². The first kappa shape index (κ1) is 9.16. The van der Waals surface area contributed by atoms with Crippen molar-refractivity contribution < 1.29 is 0 Å². The zero-order chi connectivity index (χ0) is 11.1. The molecule has 0 amide bonds. The Morgan fingerprint density at radius 3 is 2.75 bits per heavy atom. The largest absolute Gasteiger partial charge is 0.398 e. The smallest absolute Gasteiger partial charge is 0.0670 e. The Morgan fingerprint density at radius 1 is 1.06 bits per heavy atom. The summed E-state index contributed by atoms with van der Waals surface area (Å²) in [6.07, 6.45) is 4.12. The zero-order valence-corrected chi connectivity index (χ0v) is 9.07. The third-order valence-corrected chi connectivity index (χ3v) is 3.03. The van der Waals surface area contributed by atoms with E-state index in [1.165, 1.54) is 16.3 Å². The number of aliphatic imine (C=N–C) groups is 1. The summed E-state index contributed by atoms with van der Waals surface area (Å²) < 4.78 is 0.